The van der Waals surface area contributed by atoms with Crippen LogP contribution in [0, 0.1) is 6.92 Å². The molecule has 0 aliphatic heterocycles. The summed E-state index contributed by atoms with van der Waals surface area (Å²) in [5, 5.41) is 4.17. The number of amides is 1. The molecule has 0 spiro atoms. The van der Waals surface area contributed by atoms with Crippen LogP contribution in [0.4, 0.5) is 0 Å². The molecule has 1 amide bonds. The van der Waals surface area contributed by atoms with Crippen LogP contribution in [0.3, 0.4) is 0 Å². The van der Waals surface area contributed by atoms with E-state index in [9.17, 15) is 4.79 Å². The highest BCUT2D eigenvalue weighted by Crippen LogP contribution is 2.24. The van der Waals surface area contributed by atoms with E-state index in [1.807, 2.05) is 26.0 Å². The Morgan fingerprint density at radius 3 is 2.74 bits per heavy atom. The van der Waals surface area contributed by atoms with Gasteiger partial charge in [0.2, 0.25) is 0 Å². The summed E-state index contributed by atoms with van der Waals surface area (Å²) in [5.74, 6) is 1.03. The first-order valence-electron chi connectivity index (χ1n) is 6.18. The van der Waals surface area contributed by atoms with Crippen molar-refractivity contribution >= 4 is 5.91 Å². The Morgan fingerprint density at radius 2 is 2.26 bits per heavy atom. The lowest BCUT2D eigenvalue weighted by molar-refractivity contribution is 0.1000. The fraction of sp³-hybridized carbons (Fsp3) is 0.385. The van der Waals surface area contributed by atoms with E-state index in [4.69, 9.17) is 15.9 Å². The van der Waals surface area contributed by atoms with Gasteiger partial charge in [0.1, 0.15) is 17.6 Å². The molecule has 2 rings (SSSR count). The molecule has 6 nitrogen and oxygen atoms in total. The third-order valence-corrected chi connectivity index (χ3v) is 3.10. The molecule has 0 saturated carbocycles. The first kappa shape index (κ1) is 13.4. The number of furan rings is 1. The normalized spacial score (nSPS) is 14.3. The summed E-state index contributed by atoms with van der Waals surface area (Å²) in [6.07, 6.45) is 3.80. The molecule has 19 heavy (non-hydrogen) atoms. The molecule has 0 aliphatic rings. The van der Waals surface area contributed by atoms with Gasteiger partial charge in [-0.1, -0.05) is 6.92 Å². The standard InChI is InChI=1S/C13H18N4O2/c1-3-10(14)12(11-5-4-8(2)19-11)17-7-9(6-16-17)13(15)18/h4-7,10,12H,3,14H2,1-2H3,(H2,15,18). The maximum Gasteiger partial charge on any atom is 0.251 e. The zero-order chi connectivity index (χ0) is 14.0. The lowest BCUT2D eigenvalue weighted by Gasteiger charge is -2.21. The Bertz CT molecular complexity index is 573. The second-order valence-corrected chi connectivity index (χ2v) is 4.54. The minimum Gasteiger partial charge on any atom is -0.464 e. The monoisotopic (exact) mass is 262 g/mol. The molecule has 2 heterocycles. The van der Waals surface area contributed by atoms with Crippen LogP contribution in [0.1, 0.15) is 41.3 Å². The second-order valence-electron chi connectivity index (χ2n) is 4.54. The third-order valence-electron chi connectivity index (χ3n) is 3.10. The van der Waals surface area contributed by atoms with Gasteiger partial charge >= 0.3 is 0 Å². The number of primary amides is 1. The van der Waals surface area contributed by atoms with Gasteiger partial charge in [0.25, 0.3) is 5.91 Å². The summed E-state index contributed by atoms with van der Waals surface area (Å²) in [6.45, 7) is 3.86. The molecular formula is C13H18N4O2. The first-order chi connectivity index (χ1) is 9.02. The molecular weight excluding hydrogens is 244 g/mol. The van der Waals surface area contributed by atoms with E-state index >= 15 is 0 Å². The highest BCUT2D eigenvalue weighted by molar-refractivity contribution is 5.92. The average Bonchev–Trinajstić information content (AvgIpc) is 2.99. The van der Waals surface area contributed by atoms with Crippen LogP contribution in [0.2, 0.25) is 0 Å². The highest BCUT2D eigenvalue weighted by Gasteiger charge is 2.25. The van der Waals surface area contributed by atoms with Crippen molar-refractivity contribution in [3.63, 3.8) is 0 Å². The molecule has 4 N–H and O–H groups in total. The molecule has 2 aromatic rings. The van der Waals surface area contributed by atoms with E-state index in [0.29, 0.717) is 5.56 Å². The Labute approximate surface area is 111 Å². The second kappa shape index (κ2) is 5.27. The third kappa shape index (κ3) is 2.68. The minimum atomic E-state index is -0.509. The van der Waals surface area contributed by atoms with Crippen molar-refractivity contribution in [2.45, 2.75) is 32.4 Å². The molecule has 0 aromatic carbocycles. The Hall–Kier alpha value is -2.08. The van der Waals surface area contributed by atoms with Crippen molar-refractivity contribution in [1.82, 2.24) is 9.78 Å². The van der Waals surface area contributed by atoms with E-state index in [1.165, 1.54) is 6.20 Å². The van der Waals surface area contributed by atoms with Gasteiger partial charge in [-0.2, -0.15) is 5.10 Å². The van der Waals surface area contributed by atoms with Crippen molar-refractivity contribution in [2.24, 2.45) is 11.5 Å². The number of rotatable bonds is 5. The number of aryl methyl sites for hydroxylation is 1. The molecule has 0 aliphatic carbocycles. The topological polar surface area (TPSA) is 100 Å². The summed E-state index contributed by atoms with van der Waals surface area (Å²) < 4.78 is 7.27. The number of hydrogen-bond acceptors (Lipinski definition) is 4. The molecule has 0 fully saturated rings. The van der Waals surface area contributed by atoms with E-state index in [0.717, 1.165) is 17.9 Å². The van der Waals surface area contributed by atoms with Gasteiger partial charge in [0, 0.05) is 12.2 Å². The van der Waals surface area contributed by atoms with Crippen molar-refractivity contribution in [2.75, 3.05) is 0 Å². The Kier molecular flexibility index (Phi) is 3.71. The number of aromatic nitrogens is 2. The molecule has 2 atom stereocenters. The molecule has 0 bridgehead atoms. The van der Waals surface area contributed by atoms with E-state index < -0.39 is 5.91 Å². The summed E-state index contributed by atoms with van der Waals surface area (Å²) >= 11 is 0. The SMILES string of the molecule is CCC(N)C(c1ccc(C)o1)n1cc(C(N)=O)cn1. The van der Waals surface area contributed by atoms with E-state index in [-0.39, 0.29) is 12.1 Å². The molecule has 0 saturated heterocycles. The number of nitrogens with two attached hydrogens (primary N) is 2. The van der Waals surface area contributed by atoms with Crippen LogP contribution in [-0.4, -0.2) is 21.7 Å². The fourth-order valence-electron chi connectivity index (χ4n) is 1.99. The fourth-order valence-corrected chi connectivity index (χ4v) is 1.99. The van der Waals surface area contributed by atoms with Crippen LogP contribution in [-0.2, 0) is 0 Å². The van der Waals surface area contributed by atoms with Crippen LogP contribution in [0.15, 0.2) is 28.9 Å². The Morgan fingerprint density at radius 1 is 1.53 bits per heavy atom. The molecule has 0 radical (unpaired) electrons. The van der Waals surface area contributed by atoms with Gasteiger partial charge in [-0.15, -0.1) is 0 Å². The largest absolute Gasteiger partial charge is 0.464 e. The molecule has 2 aromatic heterocycles. The molecule has 2 unspecified atom stereocenters. The summed E-state index contributed by atoms with van der Waals surface area (Å²) in [4.78, 5) is 11.1. The zero-order valence-electron chi connectivity index (χ0n) is 11.0. The predicted molar refractivity (Wildman–Crippen MR) is 70.6 cm³/mol. The summed E-state index contributed by atoms with van der Waals surface area (Å²) in [5.41, 5.74) is 11.7. The minimum absolute atomic E-state index is 0.161. The van der Waals surface area contributed by atoms with Crippen molar-refractivity contribution in [1.29, 1.82) is 0 Å². The van der Waals surface area contributed by atoms with Gasteiger partial charge in [-0.05, 0) is 25.5 Å². The average molecular weight is 262 g/mol. The van der Waals surface area contributed by atoms with E-state index in [2.05, 4.69) is 5.10 Å². The summed E-state index contributed by atoms with van der Waals surface area (Å²) in [6, 6.07) is 3.35. The van der Waals surface area contributed by atoms with Gasteiger partial charge in [0.05, 0.1) is 11.8 Å². The smallest absolute Gasteiger partial charge is 0.251 e. The lowest BCUT2D eigenvalue weighted by Crippen LogP contribution is -2.32. The van der Waals surface area contributed by atoms with Gasteiger partial charge < -0.3 is 15.9 Å². The maximum atomic E-state index is 11.1. The van der Waals surface area contributed by atoms with Crippen LogP contribution in [0.5, 0.6) is 0 Å². The van der Waals surface area contributed by atoms with Gasteiger partial charge in [0.15, 0.2) is 0 Å². The van der Waals surface area contributed by atoms with Crippen molar-refractivity contribution in [3.05, 3.63) is 41.6 Å². The maximum absolute atomic E-state index is 11.1. The van der Waals surface area contributed by atoms with Crippen LogP contribution in [0.25, 0.3) is 0 Å². The highest BCUT2D eigenvalue weighted by atomic mass is 16.3. The Balaban J connectivity index is 2.39. The van der Waals surface area contributed by atoms with Crippen LogP contribution < -0.4 is 11.5 Å². The first-order valence-corrected chi connectivity index (χ1v) is 6.18. The van der Waals surface area contributed by atoms with Gasteiger partial charge in [-0.25, -0.2) is 0 Å². The molecule has 6 heteroatoms. The predicted octanol–water partition coefficient (Wildman–Crippen LogP) is 1.21. The quantitative estimate of drug-likeness (QED) is 0.845. The van der Waals surface area contributed by atoms with Crippen LogP contribution >= 0.6 is 0 Å². The lowest BCUT2D eigenvalue weighted by atomic mass is 10.0. The van der Waals surface area contributed by atoms with Gasteiger partial charge in [-0.3, -0.25) is 9.48 Å². The van der Waals surface area contributed by atoms with Crippen molar-refractivity contribution < 1.29 is 9.21 Å². The van der Waals surface area contributed by atoms with Crippen molar-refractivity contribution in [3.8, 4) is 0 Å². The van der Waals surface area contributed by atoms with E-state index in [1.54, 1.807) is 10.9 Å². The molecule has 102 valence electrons. The zero-order valence-corrected chi connectivity index (χ0v) is 11.0. The number of carbonyl (C=O) groups excluding carboxylic acids is 1. The number of hydrogen-bond donors (Lipinski definition) is 2. The number of nitrogens with zero attached hydrogens (tertiary/aromatic N) is 2. The number of carbonyl (C=O) groups is 1. The summed E-state index contributed by atoms with van der Waals surface area (Å²) in [7, 11) is 0.